The van der Waals surface area contributed by atoms with Gasteiger partial charge in [0.05, 0.1) is 11.1 Å². The molecular weight excluding hydrogens is 498 g/mol. The first-order valence-corrected chi connectivity index (χ1v) is 14.7. The van der Waals surface area contributed by atoms with Crippen molar-refractivity contribution in [1.82, 2.24) is 24.9 Å². The van der Waals surface area contributed by atoms with Crippen LogP contribution in [0.2, 0.25) is 0 Å². The summed E-state index contributed by atoms with van der Waals surface area (Å²) in [6, 6.07) is 20.7. The Labute approximate surface area is 224 Å². The second-order valence-electron chi connectivity index (χ2n) is 9.62. The maximum absolute atomic E-state index is 12.8. The molecule has 1 aliphatic rings. The molecule has 0 saturated carbocycles. The highest BCUT2D eigenvalue weighted by Gasteiger charge is 2.24. The van der Waals surface area contributed by atoms with Crippen molar-refractivity contribution in [2.24, 2.45) is 0 Å². The molecule has 8 heteroatoms. The first-order valence-electron chi connectivity index (χ1n) is 12.9. The minimum absolute atomic E-state index is 0.00511. The third-order valence-electron chi connectivity index (χ3n) is 6.91. The highest BCUT2D eigenvalue weighted by molar-refractivity contribution is 7.99. The maximum Gasteiger partial charge on any atom is 0.230 e. The van der Waals surface area contributed by atoms with Gasteiger partial charge in [-0.15, -0.1) is 21.5 Å². The number of hydrogen-bond acceptors (Lipinski definition) is 6. The van der Waals surface area contributed by atoms with Crippen LogP contribution in [0.25, 0.3) is 27.3 Å². The summed E-state index contributed by atoms with van der Waals surface area (Å²) < 4.78 is 2.05. The Morgan fingerprint density at radius 1 is 1.05 bits per heavy atom. The molecule has 1 unspecified atom stereocenters. The van der Waals surface area contributed by atoms with E-state index in [1.807, 2.05) is 24.3 Å². The predicted octanol–water partition coefficient (Wildman–Crippen LogP) is 6.11. The molecule has 1 amide bonds. The third-order valence-corrected chi connectivity index (χ3v) is 9.02. The van der Waals surface area contributed by atoms with Gasteiger partial charge >= 0.3 is 0 Å². The Balaban J connectivity index is 1.25. The van der Waals surface area contributed by atoms with E-state index < -0.39 is 0 Å². The molecule has 5 aromatic rings. The summed E-state index contributed by atoms with van der Waals surface area (Å²) >= 11 is 3.22. The van der Waals surface area contributed by atoms with E-state index in [4.69, 9.17) is 4.98 Å². The van der Waals surface area contributed by atoms with Crippen LogP contribution in [-0.4, -0.2) is 37.3 Å². The van der Waals surface area contributed by atoms with E-state index in [-0.39, 0.29) is 17.7 Å². The van der Waals surface area contributed by atoms with E-state index in [9.17, 15) is 4.79 Å². The number of hydrogen-bond donors (Lipinski definition) is 1. The number of thiophene rings is 1. The van der Waals surface area contributed by atoms with E-state index in [0.29, 0.717) is 5.16 Å². The molecule has 37 heavy (non-hydrogen) atoms. The zero-order chi connectivity index (χ0) is 25.2. The summed E-state index contributed by atoms with van der Waals surface area (Å²) in [5.41, 5.74) is 4.54. The van der Waals surface area contributed by atoms with Crippen molar-refractivity contribution in [3.63, 3.8) is 0 Å². The summed E-state index contributed by atoms with van der Waals surface area (Å²) in [7, 11) is 0. The largest absolute Gasteiger partial charge is 0.353 e. The lowest BCUT2D eigenvalue weighted by Crippen LogP contribution is -2.34. The van der Waals surface area contributed by atoms with Gasteiger partial charge in [-0.05, 0) is 56.6 Å². The number of rotatable bonds is 8. The molecule has 0 bridgehead atoms. The first-order chi connectivity index (χ1) is 18.2. The van der Waals surface area contributed by atoms with Crippen molar-refractivity contribution < 1.29 is 4.79 Å². The number of nitrogens with zero attached hydrogens (tertiary/aromatic N) is 4. The van der Waals surface area contributed by atoms with Crippen molar-refractivity contribution in [2.45, 2.75) is 56.6 Å². The summed E-state index contributed by atoms with van der Waals surface area (Å²) in [6.07, 6.45) is 6.45. The van der Waals surface area contributed by atoms with Crippen LogP contribution in [0.1, 0.15) is 42.2 Å². The van der Waals surface area contributed by atoms with Gasteiger partial charge in [0.25, 0.3) is 0 Å². The van der Waals surface area contributed by atoms with E-state index >= 15 is 0 Å². The smallest absolute Gasteiger partial charge is 0.230 e. The molecular formula is C29H29N5OS2. The van der Waals surface area contributed by atoms with Crippen LogP contribution in [-0.2, 0) is 24.1 Å². The van der Waals surface area contributed by atoms with Crippen LogP contribution in [0.4, 0.5) is 0 Å². The van der Waals surface area contributed by atoms with Crippen molar-refractivity contribution in [1.29, 1.82) is 0 Å². The second kappa shape index (κ2) is 10.6. The molecule has 188 valence electrons. The molecule has 6 nitrogen and oxygen atoms in total. The van der Waals surface area contributed by atoms with E-state index in [1.165, 1.54) is 40.6 Å². The van der Waals surface area contributed by atoms with Gasteiger partial charge in [-0.3, -0.25) is 9.20 Å². The van der Waals surface area contributed by atoms with Gasteiger partial charge in [0.15, 0.2) is 10.8 Å². The topological polar surface area (TPSA) is 72.2 Å². The molecule has 1 N–H and O–H groups in total. The van der Waals surface area contributed by atoms with Gasteiger partial charge in [0.2, 0.25) is 5.91 Å². The standard InChI is InChI=1S/C29H29N5OS2/c1-19(16-17-20-10-4-2-5-11-20)30-24(35)18-36-29-33-32-27-25-22-14-8-9-15-23(22)37-28(25)31-26(34(27)29)21-12-6-3-7-13-21/h2-7,10-13,19H,8-9,14-18H2,1H3,(H,30,35). The number of amides is 1. The Bertz CT molecular complexity index is 1540. The van der Waals surface area contributed by atoms with Crippen LogP contribution in [0.5, 0.6) is 0 Å². The van der Waals surface area contributed by atoms with E-state index in [2.05, 4.69) is 63.2 Å². The van der Waals surface area contributed by atoms with Crippen molar-refractivity contribution in [3.8, 4) is 11.4 Å². The zero-order valence-electron chi connectivity index (χ0n) is 20.8. The minimum atomic E-state index is 0.00511. The summed E-state index contributed by atoms with van der Waals surface area (Å²) in [5.74, 6) is 1.11. The fourth-order valence-electron chi connectivity index (χ4n) is 5.05. The molecule has 0 saturated heterocycles. The molecule has 0 aliphatic heterocycles. The maximum atomic E-state index is 12.8. The fourth-order valence-corrected chi connectivity index (χ4v) is 7.05. The van der Waals surface area contributed by atoms with Crippen LogP contribution in [0.15, 0.2) is 65.8 Å². The number of thioether (sulfide) groups is 1. The SMILES string of the molecule is CC(CCc1ccccc1)NC(=O)CSc1nnc2c3c4c(sc3nc(-c3ccccc3)n12)CCCC4. The lowest BCUT2D eigenvalue weighted by molar-refractivity contribution is -0.119. The van der Waals surface area contributed by atoms with Crippen LogP contribution in [0, 0.1) is 0 Å². The van der Waals surface area contributed by atoms with E-state index in [0.717, 1.165) is 52.9 Å². The first kappa shape index (κ1) is 24.1. The zero-order valence-corrected chi connectivity index (χ0v) is 22.4. The van der Waals surface area contributed by atoms with Crippen LogP contribution in [0.3, 0.4) is 0 Å². The highest BCUT2D eigenvalue weighted by atomic mass is 32.2. The summed E-state index contributed by atoms with van der Waals surface area (Å²) in [5, 5.41) is 14.2. The normalized spacial score (nSPS) is 14.1. The quantitative estimate of drug-likeness (QED) is 0.246. The Hall–Kier alpha value is -3.23. The molecule has 1 aliphatic carbocycles. The fraction of sp³-hybridized carbons (Fsp3) is 0.310. The van der Waals surface area contributed by atoms with Crippen LogP contribution < -0.4 is 5.32 Å². The number of aryl methyl sites for hydroxylation is 3. The second-order valence-corrected chi connectivity index (χ2v) is 11.6. The van der Waals surface area contributed by atoms with Gasteiger partial charge in [0.1, 0.15) is 10.7 Å². The number of aromatic nitrogens is 4. The van der Waals surface area contributed by atoms with Crippen molar-refractivity contribution in [3.05, 3.63) is 76.7 Å². The lowest BCUT2D eigenvalue weighted by atomic mass is 9.97. The predicted molar refractivity (Wildman–Crippen MR) is 151 cm³/mol. The molecule has 0 radical (unpaired) electrons. The Morgan fingerprint density at radius 3 is 2.62 bits per heavy atom. The number of carbonyl (C=O) groups excluding carboxylic acids is 1. The Morgan fingerprint density at radius 2 is 1.81 bits per heavy atom. The van der Waals surface area contributed by atoms with Crippen LogP contribution >= 0.6 is 23.1 Å². The van der Waals surface area contributed by atoms with E-state index in [1.54, 1.807) is 11.3 Å². The van der Waals surface area contributed by atoms with Gasteiger partial charge in [-0.1, -0.05) is 72.4 Å². The van der Waals surface area contributed by atoms with Crippen molar-refractivity contribution in [2.75, 3.05) is 5.75 Å². The molecule has 2 aromatic carbocycles. The van der Waals surface area contributed by atoms with Crippen molar-refractivity contribution >= 4 is 44.9 Å². The summed E-state index contributed by atoms with van der Waals surface area (Å²) in [6.45, 7) is 2.06. The molecule has 1 atom stereocenters. The molecule has 0 fully saturated rings. The van der Waals surface area contributed by atoms with Gasteiger partial charge in [-0.2, -0.15) is 0 Å². The molecule has 3 heterocycles. The molecule has 0 spiro atoms. The van der Waals surface area contributed by atoms with Gasteiger partial charge in [0, 0.05) is 16.5 Å². The monoisotopic (exact) mass is 527 g/mol. The lowest BCUT2D eigenvalue weighted by Gasteiger charge is -2.14. The number of fused-ring (bicyclic) bond motifs is 5. The van der Waals surface area contributed by atoms with Gasteiger partial charge in [-0.25, -0.2) is 4.98 Å². The number of carbonyl (C=O) groups is 1. The molecule has 6 rings (SSSR count). The third kappa shape index (κ3) is 5.00. The highest BCUT2D eigenvalue weighted by Crippen LogP contribution is 2.39. The molecule has 3 aromatic heterocycles. The Kier molecular flexibility index (Phi) is 6.93. The number of benzene rings is 2. The summed E-state index contributed by atoms with van der Waals surface area (Å²) in [4.78, 5) is 20.4. The minimum Gasteiger partial charge on any atom is -0.353 e. The van der Waals surface area contributed by atoms with Gasteiger partial charge < -0.3 is 5.32 Å². The average Bonchev–Trinajstić information content (AvgIpc) is 3.52. The number of nitrogens with one attached hydrogen (secondary N) is 1. The average molecular weight is 528 g/mol.